The summed E-state index contributed by atoms with van der Waals surface area (Å²) in [6, 6.07) is 3.92. The third-order valence-electron chi connectivity index (χ3n) is 2.75. The Morgan fingerprint density at radius 1 is 1.20 bits per heavy atom. The minimum Gasteiger partial charge on any atom is -0.436 e. The van der Waals surface area contributed by atoms with Crippen molar-refractivity contribution in [2.24, 2.45) is 0 Å². The number of aromatic nitrogens is 2. The number of halogens is 2. The van der Waals surface area contributed by atoms with E-state index in [2.05, 4.69) is 10.2 Å². The molecule has 2 aromatic rings. The molecule has 0 saturated heterocycles. The number of ether oxygens (including phenoxy) is 1. The summed E-state index contributed by atoms with van der Waals surface area (Å²) in [7, 11) is 0. The van der Waals surface area contributed by atoms with Gasteiger partial charge in [-0.1, -0.05) is 23.2 Å². The van der Waals surface area contributed by atoms with E-state index < -0.39 is 4.92 Å². The molecular weight excluding hydrogens is 305 g/mol. The summed E-state index contributed by atoms with van der Waals surface area (Å²) in [5, 5.41) is 18.6. The van der Waals surface area contributed by atoms with Crippen LogP contribution in [-0.4, -0.2) is 15.1 Å². The molecule has 0 aliphatic heterocycles. The molecule has 2 rings (SSSR count). The summed E-state index contributed by atoms with van der Waals surface area (Å²) in [5.41, 5.74) is 1.35. The number of nitrogens with zero attached hydrogens (tertiary/aromatic N) is 3. The first-order valence-corrected chi connectivity index (χ1v) is 6.27. The predicted octanol–water partition coefficient (Wildman–Crippen LogP) is 4.10. The molecule has 0 atom stereocenters. The van der Waals surface area contributed by atoms with E-state index >= 15 is 0 Å². The maximum absolute atomic E-state index is 10.6. The lowest BCUT2D eigenvalue weighted by molar-refractivity contribution is -0.384. The second kappa shape index (κ2) is 5.60. The van der Waals surface area contributed by atoms with Crippen molar-refractivity contribution in [3.8, 4) is 11.6 Å². The van der Waals surface area contributed by atoms with Crippen LogP contribution in [0.5, 0.6) is 11.6 Å². The Bertz CT molecular complexity index is 692. The molecule has 1 aromatic carbocycles. The fourth-order valence-corrected chi connectivity index (χ4v) is 1.83. The summed E-state index contributed by atoms with van der Waals surface area (Å²) >= 11 is 11.8. The van der Waals surface area contributed by atoms with Gasteiger partial charge in [0.1, 0.15) is 5.75 Å². The van der Waals surface area contributed by atoms with Crippen molar-refractivity contribution in [3.63, 3.8) is 0 Å². The van der Waals surface area contributed by atoms with Gasteiger partial charge in [0.25, 0.3) is 5.69 Å². The molecule has 0 aliphatic carbocycles. The summed E-state index contributed by atoms with van der Waals surface area (Å²) in [4.78, 5) is 10.1. The standard InChI is InChI=1S/C12H9Cl2N3O3/c1-6-7(2)12(16-15-11(6)14)20-10-4-3-8(17(18)19)5-9(10)13/h3-5H,1-2H3. The van der Waals surface area contributed by atoms with Gasteiger partial charge in [-0.2, -0.15) is 0 Å². The van der Waals surface area contributed by atoms with Crippen molar-refractivity contribution in [2.75, 3.05) is 0 Å². The van der Waals surface area contributed by atoms with Crippen LogP contribution >= 0.6 is 23.2 Å². The van der Waals surface area contributed by atoms with Crippen LogP contribution in [0.2, 0.25) is 10.2 Å². The first-order valence-electron chi connectivity index (χ1n) is 5.51. The summed E-state index contributed by atoms with van der Waals surface area (Å²) < 4.78 is 5.52. The Balaban J connectivity index is 2.36. The van der Waals surface area contributed by atoms with E-state index in [1.54, 1.807) is 13.8 Å². The quantitative estimate of drug-likeness (QED) is 0.629. The van der Waals surface area contributed by atoms with Crippen LogP contribution in [0.25, 0.3) is 0 Å². The molecule has 0 N–H and O–H groups in total. The van der Waals surface area contributed by atoms with E-state index in [1.807, 2.05) is 0 Å². The molecule has 0 fully saturated rings. The largest absolute Gasteiger partial charge is 0.436 e. The van der Waals surface area contributed by atoms with Gasteiger partial charge in [0.05, 0.1) is 9.95 Å². The van der Waals surface area contributed by atoms with E-state index in [0.29, 0.717) is 5.15 Å². The van der Waals surface area contributed by atoms with Crippen molar-refractivity contribution in [1.29, 1.82) is 0 Å². The van der Waals surface area contributed by atoms with Crippen LogP contribution in [0.15, 0.2) is 18.2 Å². The summed E-state index contributed by atoms with van der Waals surface area (Å²) in [6.45, 7) is 3.57. The van der Waals surface area contributed by atoms with Crippen LogP contribution in [0, 0.1) is 24.0 Å². The Hall–Kier alpha value is -1.92. The van der Waals surface area contributed by atoms with Crippen LogP contribution < -0.4 is 4.74 Å². The number of hydrogen-bond acceptors (Lipinski definition) is 5. The third-order valence-corrected chi connectivity index (χ3v) is 3.41. The highest BCUT2D eigenvalue weighted by Gasteiger charge is 2.14. The lowest BCUT2D eigenvalue weighted by Gasteiger charge is -2.10. The van der Waals surface area contributed by atoms with Gasteiger partial charge >= 0.3 is 0 Å². The van der Waals surface area contributed by atoms with Gasteiger partial charge in [0.2, 0.25) is 5.88 Å². The molecule has 0 radical (unpaired) electrons. The normalized spacial score (nSPS) is 10.4. The molecule has 0 unspecified atom stereocenters. The molecule has 1 heterocycles. The highest BCUT2D eigenvalue weighted by molar-refractivity contribution is 6.32. The molecule has 1 aromatic heterocycles. The molecule has 0 amide bonds. The smallest absolute Gasteiger partial charge is 0.271 e. The lowest BCUT2D eigenvalue weighted by atomic mass is 10.2. The molecule has 0 bridgehead atoms. The molecular formula is C12H9Cl2N3O3. The van der Waals surface area contributed by atoms with Crippen molar-refractivity contribution in [2.45, 2.75) is 13.8 Å². The first-order chi connectivity index (χ1) is 9.40. The Labute approximate surface area is 124 Å². The van der Waals surface area contributed by atoms with Crippen LogP contribution in [0.4, 0.5) is 5.69 Å². The molecule has 104 valence electrons. The number of non-ortho nitro benzene ring substituents is 1. The van der Waals surface area contributed by atoms with E-state index in [1.165, 1.54) is 18.2 Å². The van der Waals surface area contributed by atoms with E-state index in [-0.39, 0.29) is 22.3 Å². The first kappa shape index (κ1) is 14.5. The minimum absolute atomic E-state index is 0.113. The van der Waals surface area contributed by atoms with Crippen molar-refractivity contribution >= 4 is 28.9 Å². The molecule has 8 heteroatoms. The van der Waals surface area contributed by atoms with Gasteiger partial charge in [-0.05, 0) is 25.5 Å². The maximum Gasteiger partial charge on any atom is 0.271 e. The Kier molecular flexibility index (Phi) is 4.06. The average Bonchev–Trinajstić information content (AvgIpc) is 2.41. The van der Waals surface area contributed by atoms with Crippen LogP contribution in [0.1, 0.15) is 11.1 Å². The van der Waals surface area contributed by atoms with Gasteiger partial charge in [-0.3, -0.25) is 10.1 Å². The zero-order valence-electron chi connectivity index (χ0n) is 10.6. The van der Waals surface area contributed by atoms with Gasteiger partial charge in [0, 0.05) is 17.7 Å². The van der Waals surface area contributed by atoms with Gasteiger partial charge in [-0.15, -0.1) is 10.2 Å². The van der Waals surface area contributed by atoms with Crippen molar-refractivity contribution < 1.29 is 9.66 Å². The second-order valence-electron chi connectivity index (χ2n) is 4.02. The van der Waals surface area contributed by atoms with E-state index in [4.69, 9.17) is 27.9 Å². The van der Waals surface area contributed by atoms with Crippen molar-refractivity contribution in [3.05, 3.63) is 49.6 Å². The highest BCUT2D eigenvalue weighted by Crippen LogP contribution is 2.33. The van der Waals surface area contributed by atoms with Crippen LogP contribution in [-0.2, 0) is 0 Å². The number of hydrogen-bond donors (Lipinski definition) is 0. The SMILES string of the molecule is Cc1c(Cl)nnc(Oc2ccc([N+](=O)[O-])cc2Cl)c1C. The highest BCUT2D eigenvalue weighted by atomic mass is 35.5. The summed E-state index contributed by atoms with van der Waals surface area (Å²) in [6.07, 6.45) is 0. The second-order valence-corrected chi connectivity index (χ2v) is 4.79. The topological polar surface area (TPSA) is 78.2 Å². The van der Waals surface area contributed by atoms with E-state index in [9.17, 15) is 10.1 Å². The van der Waals surface area contributed by atoms with Crippen LogP contribution in [0.3, 0.4) is 0 Å². The third kappa shape index (κ3) is 2.81. The number of rotatable bonds is 3. The Morgan fingerprint density at radius 2 is 1.90 bits per heavy atom. The van der Waals surface area contributed by atoms with Gasteiger partial charge in [-0.25, -0.2) is 0 Å². The monoisotopic (exact) mass is 313 g/mol. The van der Waals surface area contributed by atoms with Gasteiger partial charge < -0.3 is 4.74 Å². The average molecular weight is 314 g/mol. The zero-order chi connectivity index (χ0) is 14.9. The Morgan fingerprint density at radius 3 is 2.50 bits per heavy atom. The fourth-order valence-electron chi connectivity index (χ4n) is 1.44. The number of nitro groups is 1. The molecule has 0 spiro atoms. The number of benzene rings is 1. The molecule has 0 saturated carbocycles. The summed E-state index contributed by atoms with van der Waals surface area (Å²) in [5.74, 6) is 0.513. The molecule has 6 nitrogen and oxygen atoms in total. The number of nitro benzene ring substituents is 1. The zero-order valence-corrected chi connectivity index (χ0v) is 12.1. The van der Waals surface area contributed by atoms with Gasteiger partial charge in [0.15, 0.2) is 5.15 Å². The van der Waals surface area contributed by atoms with Crippen molar-refractivity contribution in [1.82, 2.24) is 10.2 Å². The molecule has 0 aliphatic rings. The predicted molar refractivity (Wildman–Crippen MR) is 74.7 cm³/mol. The lowest BCUT2D eigenvalue weighted by Crippen LogP contribution is -1.98. The molecule has 20 heavy (non-hydrogen) atoms. The maximum atomic E-state index is 10.6. The fraction of sp³-hybridized carbons (Fsp3) is 0.167. The minimum atomic E-state index is -0.535. The van der Waals surface area contributed by atoms with E-state index in [0.717, 1.165) is 11.1 Å².